The maximum atomic E-state index is 15.0. The third-order valence-electron chi connectivity index (χ3n) is 8.86. The third-order valence-corrected chi connectivity index (χ3v) is 10.4. The summed E-state index contributed by atoms with van der Waals surface area (Å²) in [6.45, 7) is 16.2. The fourth-order valence-corrected chi connectivity index (χ4v) is 6.82. The molecule has 0 unspecified atom stereocenters. The number of carbonyl (C=O) groups is 1. The van der Waals surface area contributed by atoms with E-state index in [2.05, 4.69) is 37.8 Å². The fraction of sp³-hybridized carbons (Fsp3) is 0.474. The van der Waals surface area contributed by atoms with Crippen LogP contribution in [0, 0.1) is 0 Å². The van der Waals surface area contributed by atoms with Gasteiger partial charge < -0.3 is 9.64 Å². The Bertz CT molecular complexity index is 1710. The lowest BCUT2D eigenvalue weighted by atomic mass is 9.86. The SMILES string of the molecule is CCOc1cc(C(C)(C)C)ccc1/C(=N/Cc1ccc(Cl)cc1)N(C(=O)N1CCN(CCCS(C)(=O)=O)CC1)C(C)(C)c1ccc(Cl)cc1. The number of urea groups is 1. The monoisotopic (exact) mass is 728 g/mol. The number of rotatable bonds is 11. The van der Waals surface area contributed by atoms with Gasteiger partial charge in [-0.05, 0) is 92.2 Å². The molecule has 0 spiro atoms. The highest BCUT2D eigenvalue weighted by Gasteiger charge is 2.41. The molecular formula is C38H50Cl2N4O4S. The summed E-state index contributed by atoms with van der Waals surface area (Å²) in [7, 11) is -3.02. The third kappa shape index (κ3) is 10.5. The Kier molecular flexibility index (Phi) is 12.9. The predicted molar refractivity (Wildman–Crippen MR) is 202 cm³/mol. The molecule has 11 heteroatoms. The highest BCUT2D eigenvalue weighted by molar-refractivity contribution is 7.90. The molecule has 1 fully saturated rings. The zero-order valence-electron chi connectivity index (χ0n) is 29.8. The Morgan fingerprint density at radius 1 is 0.878 bits per heavy atom. The van der Waals surface area contributed by atoms with E-state index in [9.17, 15) is 13.2 Å². The van der Waals surface area contributed by atoms with Crippen molar-refractivity contribution in [1.29, 1.82) is 0 Å². The Morgan fingerprint density at radius 2 is 1.45 bits per heavy atom. The molecule has 1 heterocycles. The number of carbonyl (C=O) groups excluding carboxylic acids is 1. The number of nitrogens with zero attached hydrogens (tertiary/aromatic N) is 4. The lowest BCUT2D eigenvalue weighted by Crippen LogP contribution is -2.58. The maximum Gasteiger partial charge on any atom is 0.326 e. The number of piperazine rings is 1. The van der Waals surface area contributed by atoms with Crippen molar-refractivity contribution in [2.24, 2.45) is 4.99 Å². The number of halogens is 2. The molecule has 1 saturated heterocycles. The number of aliphatic imine (C=N–C) groups is 1. The number of sulfone groups is 1. The Morgan fingerprint density at radius 3 is 2.00 bits per heavy atom. The van der Waals surface area contributed by atoms with Gasteiger partial charge in [-0.2, -0.15) is 0 Å². The first-order valence-corrected chi connectivity index (χ1v) is 19.6. The molecule has 0 radical (unpaired) electrons. The molecule has 0 N–H and O–H groups in total. The maximum absolute atomic E-state index is 15.0. The van der Waals surface area contributed by atoms with Crippen molar-refractivity contribution >= 4 is 44.9 Å². The van der Waals surface area contributed by atoms with Gasteiger partial charge in [0.15, 0.2) is 0 Å². The fourth-order valence-electron chi connectivity index (χ4n) is 5.92. The summed E-state index contributed by atoms with van der Waals surface area (Å²) < 4.78 is 29.7. The summed E-state index contributed by atoms with van der Waals surface area (Å²) in [5, 5.41) is 1.25. The molecule has 1 aliphatic heterocycles. The first-order chi connectivity index (χ1) is 23.0. The molecular weight excluding hydrogens is 679 g/mol. The van der Waals surface area contributed by atoms with Gasteiger partial charge in [0.1, 0.15) is 21.4 Å². The predicted octanol–water partition coefficient (Wildman–Crippen LogP) is 8.05. The minimum atomic E-state index is -3.02. The molecule has 0 aliphatic carbocycles. The highest BCUT2D eigenvalue weighted by atomic mass is 35.5. The van der Waals surface area contributed by atoms with Gasteiger partial charge in [0.2, 0.25) is 0 Å². The van der Waals surface area contributed by atoms with Crippen LogP contribution in [-0.2, 0) is 27.3 Å². The number of amides is 2. The summed E-state index contributed by atoms with van der Waals surface area (Å²) in [6, 6.07) is 21.1. The molecule has 0 bridgehead atoms. The van der Waals surface area contributed by atoms with Crippen molar-refractivity contribution in [3.63, 3.8) is 0 Å². The second-order valence-electron chi connectivity index (χ2n) is 14.2. The summed E-state index contributed by atoms with van der Waals surface area (Å²) in [4.78, 5) is 26.1. The molecule has 3 aromatic carbocycles. The van der Waals surface area contributed by atoms with Crippen molar-refractivity contribution in [3.8, 4) is 5.75 Å². The largest absolute Gasteiger partial charge is 0.493 e. The number of benzene rings is 3. The van der Waals surface area contributed by atoms with Crippen molar-refractivity contribution in [3.05, 3.63) is 99.0 Å². The van der Waals surface area contributed by atoms with Crippen molar-refractivity contribution in [2.75, 3.05) is 51.3 Å². The van der Waals surface area contributed by atoms with Gasteiger partial charge in [-0.1, -0.05) is 74.3 Å². The molecule has 0 aromatic heterocycles. The van der Waals surface area contributed by atoms with Crippen molar-refractivity contribution in [2.45, 2.75) is 65.5 Å². The van der Waals surface area contributed by atoms with Crippen LogP contribution in [0.2, 0.25) is 10.0 Å². The van der Waals surface area contributed by atoms with Gasteiger partial charge in [0.25, 0.3) is 0 Å². The van der Waals surface area contributed by atoms with Crippen molar-refractivity contribution in [1.82, 2.24) is 14.7 Å². The van der Waals surface area contributed by atoms with E-state index in [1.165, 1.54) is 6.26 Å². The average molecular weight is 730 g/mol. The standard InChI is InChI=1S/C38H50Cl2N4O4S/c1-8-48-34-26-30(37(2,3)4)14-19-33(34)35(41-27-28-10-15-31(39)16-11-28)44(38(5,6)29-12-17-32(40)18-13-29)36(45)43-23-21-42(22-24-43)20-9-25-49(7,46)47/h10-19,26H,8-9,20-25,27H2,1-7H3/b41-35-. The number of hydrogen-bond donors (Lipinski definition) is 0. The minimum Gasteiger partial charge on any atom is -0.493 e. The molecule has 2 amide bonds. The second-order valence-corrected chi connectivity index (χ2v) is 17.3. The van der Waals surface area contributed by atoms with Gasteiger partial charge in [-0.3, -0.25) is 14.8 Å². The van der Waals surface area contributed by atoms with Crippen LogP contribution in [0.25, 0.3) is 0 Å². The van der Waals surface area contributed by atoms with E-state index in [4.69, 9.17) is 32.9 Å². The first-order valence-electron chi connectivity index (χ1n) is 16.8. The zero-order valence-corrected chi connectivity index (χ0v) is 32.1. The summed E-state index contributed by atoms with van der Waals surface area (Å²) >= 11 is 12.5. The molecule has 0 atom stereocenters. The lowest BCUT2D eigenvalue weighted by Gasteiger charge is -2.44. The number of ether oxygens (including phenoxy) is 1. The van der Waals surface area contributed by atoms with Gasteiger partial charge in [-0.15, -0.1) is 0 Å². The van der Waals surface area contributed by atoms with Crippen LogP contribution >= 0.6 is 23.2 Å². The van der Waals surface area contributed by atoms with E-state index >= 15 is 0 Å². The molecule has 4 rings (SSSR count). The quantitative estimate of drug-likeness (QED) is 0.147. The van der Waals surface area contributed by atoms with E-state index in [0.29, 0.717) is 73.9 Å². The summed E-state index contributed by atoms with van der Waals surface area (Å²) in [5.74, 6) is 1.31. The Balaban J connectivity index is 1.83. The van der Waals surface area contributed by atoms with E-state index in [1.807, 2.05) is 80.3 Å². The minimum absolute atomic E-state index is 0.121. The molecule has 49 heavy (non-hydrogen) atoms. The van der Waals surface area contributed by atoms with Gasteiger partial charge in [-0.25, -0.2) is 13.2 Å². The van der Waals surface area contributed by atoms with Crippen LogP contribution in [0.4, 0.5) is 4.79 Å². The Labute approximate surface area is 303 Å². The topological polar surface area (TPSA) is 82.5 Å². The molecule has 3 aromatic rings. The van der Waals surface area contributed by atoms with Crippen LogP contribution in [-0.4, -0.2) is 86.3 Å². The molecule has 1 aliphatic rings. The molecule has 8 nitrogen and oxygen atoms in total. The van der Waals surface area contributed by atoms with Gasteiger partial charge in [0, 0.05) is 42.5 Å². The second kappa shape index (κ2) is 16.3. The first kappa shape index (κ1) is 38.7. The van der Waals surface area contributed by atoms with E-state index in [-0.39, 0.29) is 17.2 Å². The molecule has 266 valence electrons. The summed E-state index contributed by atoms with van der Waals surface area (Å²) in [5.41, 5.74) is 2.69. The van der Waals surface area contributed by atoms with E-state index in [1.54, 1.807) is 4.90 Å². The van der Waals surface area contributed by atoms with Crippen molar-refractivity contribution < 1.29 is 17.9 Å². The lowest BCUT2D eigenvalue weighted by molar-refractivity contribution is 0.107. The van der Waals surface area contributed by atoms with Gasteiger partial charge >= 0.3 is 6.03 Å². The summed E-state index contributed by atoms with van der Waals surface area (Å²) in [6.07, 6.45) is 1.83. The van der Waals surface area contributed by atoms with Crippen LogP contribution in [0.3, 0.4) is 0 Å². The zero-order chi connectivity index (χ0) is 36.0. The highest BCUT2D eigenvalue weighted by Crippen LogP contribution is 2.36. The number of hydrogen-bond acceptors (Lipinski definition) is 6. The van der Waals surface area contributed by atoms with E-state index < -0.39 is 15.4 Å². The van der Waals surface area contributed by atoms with E-state index in [0.717, 1.165) is 22.3 Å². The Hall–Kier alpha value is -3.11. The van der Waals surface area contributed by atoms with Crippen LogP contribution in [0.1, 0.15) is 70.2 Å². The van der Waals surface area contributed by atoms with Crippen LogP contribution < -0.4 is 4.74 Å². The van der Waals surface area contributed by atoms with Crippen LogP contribution in [0.15, 0.2) is 71.7 Å². The normalized spacial score (nSPS) is 15.0. The molecule has 0 saturated carbocycles. The average Bonchev–Trinajstić information content (AvgIpc) is 3.03. The smallest absolute Gasteiger partial charge is 0.326 e. The van der Waals surface area contributed by atoms with Crippen LogP contribution in [0.5, 0.6) is 5.75 Å². The van der Waals surface area contributed by atoms with Gasteiger partial charge in [0.05, 0.1) is 30.0 Å². The number of amidine groups is 1.